The number of anilines is 1. The molecule has 0 bridgehead atoms. The maximum atomic E-state index is 4.29. The normalized spacial score (nSPS) is 12.8. The standard InChI is InChI=1S/C11H12N6S/c1-7(11-12-3-4-18-11)16-9-8-5-15-17(2)10(8)14-6-13-9/h3-7H,1-2H3,(H,13,14,16). The van der Waals surface area contributed by atoms with Crippen molar-refractivity contribution in [1.29, 1.82) is 0 Å². The molecule has 0 spiro atoms. The van der Waals surface area contributed by atoms with Crippen molar-refractivity contribution in [1.82, 2.24) is 24.7 Å². The minimum Gasteiger partial charge on any atom is -0.360 e. The summed E-state index contributed by atoms with van der Waals surface area (Å²) in [4.78, 5) is 12.8. The van der Waals surface area contributed by atoms with E-state index in [1.54, 1.807) is 34.7 Å². The lowest BCUT2D eigenvalue weighted by Crippen LogP contribution is -2.08. The number of fused-ring (bicyclic) bond motifs is 1. The number of thiazole rings is 1. The summed E-state index contributed by atoms with van der Waals surface area (Å²) in [6.45, 7) is 2.06. The van der Waals surface area contributed by atoms with Crippen LogP contribution in [0.15, 0.2) is 24.1 Å². The van der Waals surface area contributed by atoms with Crippen LogP contribution in [0.1, 0.15) is 18.0 Å². The highest BCUT2D eigenvalue weighted by Gasteiger charge is 2.12. The zero-order valence-electron chi connectivity index (χ0n) is 10.0. The molecule has 1 unspecified atom stereocenters. The third-order valence-electron chi connectivity index (χ3n) is 2.70. The first-order valence-electron chi connectivity index (χ1n) is 5.54. The summed E-state index contributed by atoms with van der Waals surface area (Å²) in [5, 5.41) is 11.4. The molecule has 0 saturated carbocycles. The summed E-state index contributed by atoms with van der Waals surface area (Å²) in [6, 6.07) is 0.114. The molecule has 6 nitrogen and oxygen atoms in total. The molecule has 7 heteroatoms. The van der Waals surface area contributed by atoms with Gasteiger partial charge in [0.15, 0.2) is 5.65 Å². The average molecular weight is 260 g/mol. The van der Waals surface area contributed by atoms with E-state index in [9.17, 15) is 0 Å². The number of nitrogens with zero attached hydrogens (tertiary/aromatic N) is 5. The predicted octanol–water partition coefficient (Wildman–Crippen LogP) is 1.99. The van der Waals surface area contributed by atoms with Crippen LogP contribution in [0, 0.1) is 0 Å². The van der Waals surface area contributed by atoms with E-state index >= 15 is 0 Å². The molecule has 3 rings (SSSR count). The van der Waals surface area contributed by atoms with Crippen molar-refractivity contribution >= 4 is 28.2 Å². The molecule has 92 valence electrons. The van der Waals surface area contributed by atoms with Crippen LogP contribution in [-0.2, 0) is 7.05 Å². The van der Waals surface area contributed by atoms with Gasteiger partial charge in [-0.25, -0.2) is 15.0 Å². The van der Waals surface area contributed by atoms with E-state index in [1.807, 2.05) is 12.4 Å². The molecule has 0 aliphatic heterocycles. The van der Waals surface area contributed by atoms with Crippen LogP contribution in [0.25, 0.3) is 11.0 Å². The lowest BCUT2D eigenvalue weighted by Gasteiger charge is -2.11. The van der Waals surface area contributed by atoms with E-state index in [0.29, 0.717) is 0 Å². The molecular weight excluding hydrogens is 248 g/mol. The number of hydrogen-bond donors (Lipinski definition) is 1. The lowest BCUT2D eigenvalue weighted by molar-refractivity contribution is 0.785. The predicted molar refractivity (Wildman–Crippen MR) is 70.5 cm³/mol. The molecule has 0 aliphatic rings. The lowest BCUT2D eigenvalue weighted by atomic mass is 10.3. The minimum absolute atomic E-state index is 0.114. The van der Waals surface area contributed by atoms with Crippen molar-refractivity contribution in [3.05, 3.63) is 29.1 Å². The van der Waals surface area contributed by atoms with Crippen LogP contribution in [0.3, 0.4) is 0 Å². The fourth-order valence-electron chi connectivity index (χ4n) is 1.79. The second-order valence-electron chi connectivity index (χ2n) is 3.96. The fourth-order valence-corrected chi connectivity index (χ4v) is 2.44. The van der Waals surface area contributed by atoms with Crippen molar-refractivity contribution in [2.24, 2.45) is 7.05 Å². The van der Waals surface area contributed by atoms with Crippen LogP contribution < -0.4 is 5.32 Å². The number of nitrogens with one attached hydrogen (secondary N) is 1. The van der Waals surface area contributed by atoms with Crippen molar-refractivity contribution in [3.8, 4) is 0 Å². The first-order chi connectivity index (χ1) is 8.75. The largest absolute Gasteiger partial charge is 0.360 e. The Bertz CT molecular complexity index is 659. The molecule has 0 aliphatic carbocycles. The van der Waals surface area contributed by atoms with Gasteiger partial charge in [-0.2, -0.15) is 5.10 Å². The van der Waals surface area contributed by atoms with E-state index in [2.05, 4.69) is 32.3 Å². The molecule has 0 aromatic carbocycles. The summed E-state index contributed by atoms with van der Waals surface area (Å²) >= 11 is 1.62. The SMILES string of the molecule is CC(Nc1ncnc2c1cnn2C)c1nccs1. The number of hydrogen-bond acceptors (Lipinski definition) is 6. The Morgan fingerprint density at radius 1 is 1.33 bits per heavy atom. The van der Waals surface area contributed by atoms with Crippen LogP contribution in [0.4, 0.5) is 5.82 Å². The van der Waals surface area contributed by atoms with E-state index < -0.39 is 0 Å². The summed E-state index contributed by atoms with van der Waals surface area (Å²) in [5.74, 6) is 0.788. The Morgan fingerprint density at radius 2 is 2.22 bits per heavy atom. The number of aryl methyl sites for hydroxylation is 1. The molecule has 0 amide bonds. The van der Waals surface area contributed by atoms with Gasteiger partial charge in [-0.3, -0.25) is 4.68 Å². The summed E-state index contributed by atoms with van der Waals surface area (Å²) in [5.41, 5.74) is 0.818. The van der Waals surface area contributed by atoms with Crippen LogP contribution >= 0.6 is 11.3 Å². The Hall–Kier alpha value is -2.02. The average Bonchev–Trinajstić information content (AvgIpc) is 3.00. The van der Waals surface area contributed by atoms with Crippen molar-refractivity contribution in [2.45, 2.75) is 13.0 Å². The Labute approximate surface area is 108 Å². The monoisotopic (exact) mass is 260 g/mol. The van der Waals surface area contributed by atoms with Gasteiger partial charge < -0.3 is 5.32 Å². The molecule has 1 atom stereocenters. The van der Waals surface area contributed by atoms with Crippen LogP contribution in [0.5, 0.6) is 0 Å². The van der Waals surface area contributed by atoms with E-state index in [1.165, 1.54) is 0 Å². The van der Waals surface area contributed by atoms with Gasteiger partial charge in [-0.1, -0.05) is 0 Å². The van der Waals surface area contributed by atoms with Gasteiger partial charge in [0, 0.05) is 18.6 Å². The maximum Gasteiger partial charge on any atom is 0.163 e. The zero-order valence-corrected chi connectivity index (χ0v) is 10.8. The molecule has 3 aromatic rings. The molecule has 18 heavy (non-hydrogen) atoms. The molecule has 0 fully saturated rings. The summed E-state index contributed by atoms with van der Waals surface area (Å²) in [7, 11) is 1.86. The number of aromatic nitrogens is 5. The maximum absolute atomic E-state index is 4.29. The smallest absolute Gasteiger partial charge is 0.163 e. The first kappa shape index (κ1) is 11.1. The highest BCUT2D eigenvalue weighted by Crippen LogP contribution is 2.24. The summed E-state index contributed by atoms with van der Waals surface area (Å²) < 4.78 is 1.73. The van der Waals surface area contributed by atoms with Crippen LogP contribution in [0.2, 0.25) is 0 Å². The molecule has 0 radical (unpaired) electrons. The van der Waals surface area contributed by atoms with Gasteiger partial charge in [-0.15, -0.1) is 11.3 Å². The Kier molecular flexibility index (Phi) is 2.67. The first-order valence-corrected chi connectivity index (χ1v) is 6.42. The van der Waals surface area contributed by atoms with Crippen molar-refractivity contribution < 1.29 is 0 Å². The molecule has 1 N–H and O–H groups in total. The Balaban J connectivity index is 1.95. The van der Waals surface area contributed by atoms with Gasteiger partial charge in [0.1, 0.15) is 17.2 Å². The third-order valence-corrected chi connectivity index (χ3v) is 3.66. The van der Waals surface area contributed by atoms with Gasteiger partial charge in [0.2, 0.25) is 0 Å². The second-order valence-corrected chi connectivity index (χ2v) is 4.89. The van der Waals surface area contributed by atoms with E-state index in [-0.39, 0.29) is 6.04 Å². The fraction of sp³-hybridized carbons (Fsp3) is 0.273. The van der Waals surface area contributed by atoms with Gasteiger partial charge in [-0.05, 0) is 6.92 Å². The highest BCUT2D eigenvalue weighted by atomic mass is 32.1. The van der Waals surface area contributed by atoms with E-state index in [4.69, 9.17) is 0 Å². The van der Waals surface area contributed by atoms with Crippen molar-refractivity contribution in [2.75, 3.05) is 5.32 Å². The molecule has 3 heterocycles. The third kappa shape index (κ3) is 1.82. The quantitative estimate of drug-likeness (QED) is 0.780. The summed E-state index contributed by atoms with van der Waals surface area (Å²) in [6.07, 6.45) is 5.12. The highest BCUT2D eigenvalue weighted by molar-refractivity contribution is 7.09. The van der Waals surface area contributed by atoms with Crippen LogP contribution in [-0.4, -0.2) is 24.7 Å². The minimum atomic E-state index is 0.114. The van der Waals surface area contributed by atoms with Gasteiger partial charge in [0.25, 0.3) is 0 Å². The zero-order chi connectivity index (χ0) is 12.5. The number of rotatable bonds is 3. The van der Waals surface area contributed by atoms with E-state index in [0.717, 1.165) is 21.9 Å². The molecule has 0 saturated heterocycles. The van der Waals surface area contributed by atoms with Crippen molar-refractivity contribution in [3.63, 3.8) is 0 Å². The topological polar surface area (TPSA) is 68.5 Å². The van der Waals surface area contributed by atoms with Gasteiger partial charge in [0.05, 0.1) is 17.6 Å². The Morgan fingerprint density at radius 3 is 3.00 bits per heavy atom. The second kappa shape index (κ2) is 4.34. The molecule has 3 aromatic heterocycles. The van der Waals surface area contributed by atoms with Gasteiger partial charge >= 0.3 is 0 Å². The molecular formula is C11H12N6S.